The maximum atomic E-state index is 13.4. The molecule has 35 heavy (non-hydrogen) atoms. The molecule has 2 atom stereocenters. The standard InChI is InChI=1S/C26H37ClN6O2/c1-17-14-32(15-18(2)33(17)16-19-8-6-5-7-9-19)25(34)20-10-11-22(23(12-20)35-4)30-26-29-13-21(27)24(28-3)31-26/h10-13,17-19H,5-9,14-16H2,1-4H3,(H2,28,29,30,31). The van der Waals surface area contributed by atoms with E-state index in [9.17, 15) is 4.79 Å². The van der Waals surface area contributed by atoms with E-state index in [-0.39, 0.29) is 5.91 Å². The zero-order valence-corrected chi connectivity index (χ0v) is 21.9. The summed E-state index contributed by atoms with van der Waals surface area (Å²) in [5.41, 5.74) is 1.29. The van der Waals surface area contributed by atoms with Crippen molar-refractivity contribution in [2.45, 2.75) is 58.0 Å². The summed E-state index contributed by atoms with van der Waals surface area (Å²) in [6.07, 6.45) is 8.32. The summed E-state index contributed by atoms with van der Waals surface area (Å²) >= 11 is 6.08. The molecule has 2 aromatic rings. The van der Waals surface area contributed by atoms with E-state index in [4.69, 9.17) is 16.3 Å². The van der Waals surface area contributed by atoms with Crippen molar-refractivity contribution in [3.05, 3.63) is 35.0 Å². The van der Waals surface area contributed by atoms with Crippen LogP contribution in [0.3, 0.4) is 0 Å². The third-order valence-corrected chi connectivity index (χ3v) is 7.53. The summed E-state index contributed by atoms with van der Waals surface area (Å²) in [6, 6.07) is 6.12. The molecule has 2 aliphatic rings. The van der Waals surface area contributed by atoms with Gasteiger partial charge in [0.05, 0.1) is 19.0 Å². The van der Waals surface area contributed by atoms with Crippen molar-refractivity contribution in [1.29, 1.82) is 0 Å². The molecular weight excluding hydrogens is 464 g/mol. The molecule has 1 saturated carbocycles. The van der Waals surface area contributed by atoms with Gasteiger partial charge in [0.15, 0.2) is 0 Å². The molecule has 1 amide bonds. The van der Waals surface area contributed by atoms with Crippen molar-refractivity contribution in [1.82, 2.24) is 19.8 Å². The summed E-state index contributed by atoms with van der Waals surface area (Å²) in [5.74, 6) is 2.30. The van der Waals surface area contributed by atoms with E-state index in [1.807, 2.05) is 17.0 Å². The van der Waals surface area contributed by atoms with Crippen LogP contribution in [0.25, 0.3) is 0 Å². The molecule has 1 aromatic carbocycles. The van der Waals surface area contributed by atoms with Crippen molar-refractivity contribution >= 4 is 35.0 Å². The third kappa shape index (κ3) is 5.98. The zero-order chi connectivity index (χ0) is 24.9. The SMILES string of the molecule is CNc1nc(Nc2ccc(C(=O)N3CC(C)N(CC4CCCCC4)C(C)C3)cc2OC)ncc1Cl. The van der Waals surface area contributed by atoms with E-state index in [0.29, 0.717) is 45.9 Å². The number of halogens is 1. The second kappa shape index (κ2) is 11.4. The lowest BCUT2D eigenvalue weighted by Crippen LogP contribution is -2.59. The Hall–Kier alpha value is -2.58. The van der Waals surface area contributed by atoms with Crippen molar-refractivity contribution in [3.8, 4) is 5.75 Å². The number of carbonyl (C=O) groups is 1. The minimum Gasteiger partial charge on any atom is -0.495 e. The number of hydrogen-bond acceptors (Lipinski definition) is 7. The molecule has 8 nitrogen and oxygen atoms in total. The molecule has 2 unspecified atom stereocenters. The van der Waals surface area contributed by atoms with Gasteiger partial charge in [-0.3, -0.25) is 9.69 Å². The topological polar surface area (TPSA) is 82.6 Å². The zero-order valence-electron chi connectivity index (χ0n) is 21.2. The number of nitrogens with one attached hydrogen (secondary N) is 2. The highest BCUT2D eigenvalue weighted by atomic mass is 35.5. The first kappa shape index (κ1) is 25.5. The third-order valence-electron chi connectivity index (χ3n) is 7.26. The van der Waals surface area contributed by atoms with E-state index >= 15 is 0 Å². The Morgan fingerprint density at radius 2 is 1.89 bits per heavy atom. The first-order valence-electron chi connectivity index (χ1n) is 12.6. The van der Waals surface area contributed by atoms with Crippen molar-refractivity contribution in [3.63, 3.8) is 0 Å². The molecular formula is C26H37ClN6O2. The fourth-order valence-corrected chi connectivity index (χ4v) is 5.57. The Bertz CT molecular complexity index is 1020. The highest BCUT2D eigenvalue weighted by Crippen LogP contribution is 2.31. The lowest BCUT2D eigenvalue weighted by Gasteiger charge is -2.46. The number of amides is 1. The van der Waals surface area contributed by atoms with Crippen LogP contribution in [0.1, 0.15) is 56.3 Å². The smallest absolute Gasteiger partial charge is 0.254 e. The van der Waals surface area contributed by atoms with Gasteiger partial charge in [0.25, 0.3) is 5.91 Å². The molecule has 0 radical (unpaired) electrons. The predicted molar refractivity (Wildman–Crippen MR) is 141 cm³/mol. The van der Waals surface area contributed by atoms with Crippen LogP contribution >= 0.6 is 11.6 Å². The molecule has 1 aliphatic carbocycles. The van der Waals surface area contributed by atoms with E-state index < -0.39 is 0 Å². The van der Waals surface area contributed by atoms with Crippen molar-refractivity contribution < 1.29 is 9.53 Å². The fraction of sp³-hybridized carbons (Fsp3) is 0.577. The van der Waals surface area contributed by atoms with Crippen molar-refractivity contribution in [2.24, 2.45) is 5.92 Å². The molecule has 2 fully saturated rings. The lowest BCUT2D eigenvalue weighted by atomic mass is 9.88. The summed E-state index contributed by atoms with van der Waals surface area (Å²) in [5, 5.41) is 6.53. The molecule has 4 rings (SSSR count). The number of ether oxygens (including phenoxy) is 1. The van der Waals surface area contributed by atoms with Crippen LogP contribution in [0.2, 0.25) is 5.02 Å². The monoisotopic (exact) mass is 500 g/mol. The average Bonchev–Trinajstić information content (AvgIpc) is 2.87. The van der Waals surface area contributed by atoms with Crippen LogP contribution in [-0.4, -0.2) is 71.6 Å². The van der Waals surface area contributed by atoms with Gasteiger partial charge in [0.2, 0.25) is 5.95 Å². The minimum atomic E-state index is 0.0334. The number of carbonyl (C=O) groups excluding carboxylic acids is 1. The quantitative estimate of drug-likeness (QED) is 0.551. The molecule has 1 aromatic heterocycles. The second-order valence-corrected chi connectivity index (χ2v) is 10.2. The van der Waals surface area contributed by atoms with Crippen molar-refractivity contribution in [2.75, 3.05) is 44.4 Å². The number of nitrogens with zero attached hydrogens (tertiary/aromatic N) is 4. The van der Waals surface area contributed by atoms with Crippen LogP contribution in [-0.2, 0) is 0 Å². The van der Waals surface area contributed by atoms with Crippen LogP contribution in [0, 0.1) is 5.92 Å². The minimum absolute atomic E-state index is 0.0334. The Labute approximate surface area is 213 Å². The Morgan fingerprint density at radius 3 is 2.54 bits per heavy atom. The number of hydrogen-bond donors (Lipinski definition) is 2. The molecule has 0 bridgehead atoms. The average molecular weight is 501 g/mol. The Balaban J connectivity index is 1.44. The van der Waals surface area contributed by atoms with E-state index in [1.165, 1.54) is 38.3 Å². The normalized spacial score (nSPS) is 21.6. The van der Waals surface area contributed by atoms with Gasteiger partial charge in [-0.25, -0.2) is 4.98 Å². The molecule has 190 valence electrons. The fourth-order valence-electron chi connectivity index (χ4n) is 5.38. The van der Waals surface area contributed by atoms with Crippen LogP contribution in [0.15, 0.2) is 24.4 Å². The van der Waals surface area contributed by atoms with Gasteiger partial charge in [-0.1, -0.05) is 30.9 Å². The van der Waals surface area contributed by atoms with Gasteiger partial charge >= 0.3 is 0 Å². The lowest BCUT2D eigenvalue weighted by molar-refractivity contribution is 0.0206. The Morgan fingerprint density at radius 1 is 1.17 bits per heavy atom. The van der Waals surface area contributed by atoms with Gasteiger partial charge in [-0.2, -0.15) is 4.98 Å². The summed E-state index contributed by atoms with van der Waals surface area (Å²) < 4.78 is 5.58. The van der Waals surface area contributed by atoms with Gasteiger partial charge in [0.1, 0.15) is 16.6 Å². The second-order valence-electron chi connectivity index (χ2n) is 9.79. The summed E-state index contributed by atoms with van der Waals surface area (Å²) in [4.78, 5) is 26.6. The van der Waals surface area contributed by atoms with Gasteiger partial charge in [-0.15, -0.1) is 0 Å². The number of rotatable bonds is 7. The van der Waals surface area contributed by atoms with Gasteiger partial charge < -0.3 is 20.3 Å². The van der Waals surface area contributed by atoms with Crippen LogP contribution in [0.5, 0.6) is 5.75 Å². The Kier molecular flexibility index (Phi) is 8.34. The summed E-state index contributed by atoms with van der Waals surface area (Å²) in [6.45, 7) is 7.13. The number of anilines is 3. The van der Waals surface area contributed by atoms with Crippen LogP contribution in [0.4, 0.5) is 17.5 Å². The predicted octanol–water partition coefficient (Wildman–Crippen LogP) is 5.04. The van der Waals surface area contributed by atoms with Crippen LogP contribution < -0.4 is 15.4 Å². The molecule has 0 spiro atoms. The molecule has 2 N–H and O–H groups in total. The first-order chi connectivity index (χ1) is 16.9. The first-order valence-corrected chi connectivity index (χ1v) is 13.0. The number of methoxy groups -OCH3 is 1. The van der Waals surface area contributed by atoms with E-state index in [1.54, 1.807) is 20.2 Å². The van der Waals surface area contributed by atoms with Gasteiger partial charge in [-0.05, 0) is 50.8 Å². The molecule has 9 heteroatoms. The number of piperazine rings is 1. The highest BCUT2D eigenvalue weighted by Gasteiger charge is 2.33. The largest absolute Gasteiger partial charge is 0.495 e. The van der Waals surface area contributed by atoms with E-state index in [2.05, 4.69) is 39.3 Å². The van der Waals surface area contributed by atoms with E-state index in [0.717, 1.165) is 25.6 Å². The molecule has 1 saturated heterocycles. The molecule has 2 heterocycles. The highest BCUT2D eigenvalue weighted by molar-refractivity contribution is 6.32. The number of aromatic nitrogens is 2. The maximum Gasteiger partial charge on any atom is 0.254 e. The maximum absolute atomic E-state index is 13.4. The number of benzene rings is 1. The molecule has 1 aliphatic heterocycles. The van der Waals surface area contributed by atoms with Gasteiger partial charge in [0, 0.05) is 44.3 Å². The summed E-state index contributed by atoms with van der Waals surface area (Å²) in [7, 11) is 3.33.